The van der Waals surface area contributed by atoms with Gasteiger partial charge in [-0.1, -0.05) is 42.5 Å². The molecule has 1 N–H and O–H groups in total. The number of hydrogen-bond donors (Lipinski definition) is 1. The zero-order valence-corrected chi connectivity index (χ0v) is 16.0. The van der Waals surface area contributed by atoms with Crippen LogP contribution in [0.4, 0.5) is 5.13 Å². The Labute approximate surface area is 164 Å². The van der Waals surface area contributed by atoms with E-state index in [0.29, 0.717) is 15.2 Å². The molecule has 1 aliphatic heterocycles. The molecule has 2 heterocycles. The summed E-state index contributed by atoms with van der Waals surface area (Å²) in [5.74, 6) is 0.0894. The second-order valence-corrected chi connectivity index (χ2v) is 7.69. The van der Waals surface area contributed by atoms with Crippen molar-refractivity contribution in [2.24, 2.45) is 4.99 Å². The first kappa shape index (κ1) is 17.5. The highest BCUT2D eigenvalue weighted by Crippen LogP contribution is 2.34. The molecule has 134 valence electrons. The summed E-state index contributed by atoms with van der Waals surface area (Å²) in [5, 5.41) is 12.5. The molecule has 1 aromatic heterocycles. The van der Waals surface area contributed by atoms with Crippen molar-refractivity contribution < 1.29 is 9.90 Å². The van der Waals surface area contributed by atoms with E-state index >= 15 is 0 Å². The van der Waals surface area contributed by atoms with E-state index in [1.807, 2.05) is 35.7 Å². The second kappa shape index (κ2) is 7.38. The van der Waals surface area contributed by atoms with Gasteiger partial charge in [-0.15, -0.1) is 11.3 Å². The number of carbonyl (C=O) groups is 1. The normalized spacial score (nSPS) is 17.2. The Morgan fingerprint density at radius 3 is 2.59 bits per heavy atom. The molecular weight excluding hydrogens is 378 g/mol. The van der Waals surface area contributed by atoms with Gasteiger partial charge < -0.3 is 5.11 Å². The minimum atomic E-state index is -0.105. The van der Waals surface area contributed by atoms with Gasteiger partial charge in [-0.05, 0) is 35.5 Å². The molecule has 0 spiro atoms. The minimum absolute atomic E-state index is 0.105. The topological polar surface area (TPSA) is 65.8 Å². The van der Waals surface area contributed by atoms with E-state index in [0.717, 1.165) is 16.8 Å². The van der Waals surface area contributed by atoms with Crippen LogP contribution in [0.3, 0.4) is 0 Å². The number of thioether (sulfide) groups is 1. The molecular formula is C20H15N3O2S2. The number of nitrogens with zero attached hydrogens (tertiary/aromatic N) is 3. The number of phenolic OH excluding ortho intramolecular Hbond substituents is 1. The third kappa shape index (κ3) is 3.79. The van der Waals surface area contributed by atoms with Crippen LogP contribution in [-0.4, -0.2) is 33.1 Å². The van der Waals surface area contributed by atoms with E-state index in [2.05, 4.69) is 9.98 Å². The van der Waals surface area contributed by atoms with Crippen molar-refractivity contribution in [3.05, 3.63) is 70.4 Å². The number of aliphatic imine (C=N–C) groups is 1. The molecule has 27 heavy (non-hydrogen) atoms. The summed E-state index contributed by atoms with van der Waals surface area (Å²) in [6, 6.07) is 16.6. The van der Waals surface area contributed by atoms with Crippen LogP contribution < -0.4 is 0 Å². The standard InChI is InChI=1S/C20H15N3O2S2/c1-23-18(25)17(11-13-7-9-15(24)10-8-13)27-20(23)22-19-21-16(12-26-19)14-5-3-2-4-6-14/h2-12,24H,1H3/b17-11-,22-20+. The first-order valence-electron chi connectivity index (χ1n) is 8.16. The number of aromatic nitrogens is 1. The van der Waals surface area contributed by atoms with Crippen molar-refractivity contribution >= 4 is 45.4 Å². The van der Waals surface area contributed by atoms with E-state index in [9.17, 15) is 9.90 Å². The van der Waals surface area contributed by atoms with Crippen molar-refractivity contribution in [3.63, 3.8) is 0 Å². The Morgan fingerprint density at radius 1 is 1.11 bits per heavy atom. The van der Waals surface area contributed by atoms with Gasteiger partial charge in [-0.3, -0.25) is 9.69 Å². The van der Waals surface area contributed by atoms with Gasteiger partial charge in [0.15, 0.2) is 5.17 Å². The van der Waals surface area contributed by atoms with Crippen LogP contribution in [-0.2, 0) is 4.79 Å². The number of aromatic hydroxyl groups is 1. The Hall–Kier alpha value is -2.90. The van der Waals surface area contributed by atoms with Gasteiger partial charge in [0, 0.05) is 18.0 Å². The van der Waals surface area contributed by atoms with Crippen LogP contribution in [0.15, 0.2) is 69.9 Å². The quantitative estimate of drug-likeness (QED) is 0.652. The van der Waals surface area contributed by atoms with Crippen molar-refractivity contribution in [2.45, 2.75) is 0 Å². The molecule has 0 aliphatic carbocycles. The van der Waals surface area contributed by atoms with Gasteiger partial charge in [0.05, 0.1) is 10.6 Å². The zero-order valence-electron chi connectivity index (χ0n) is 14.4. The van der Waals surface area contributed by atoms with Gasteiger partial charge in [-0.2, -0.15) is 4.99 Å². The van der Waals surface area contributed by atoms with Crippen molar-refractivity contribution in [1.29, 1.82) is 0 Å². The number of thiazole rings is 1. The molecule has 0 unspecified atom stereocenters. The fraction of sp³-hybridized carbons (Fsp3) is 0.0500. The number of likely N-dealkylation sites (N-methyl/N-ethyl adjacent to an activating group) is 1. The molecule has 1 amide bonds. The predicted molar refractivity (Wildman–Crippen MR) is 111 cm³/mol. The van der Waals surface area contributed by atoms with Gasteiger partial charge in [-0.25, -0.2) is 4.98 Å². The number of amides is 1. The average molecular weight is 393 g/mol. The van der Waals surface area contributed by atoms with Crippen molar-refractivity contribution in [2.75, 3.05) is 7.05 Å². The lowest BCUT2D eigenvalue weighted by Gasteiger charge is -2.05. The Kier molecular flexibility index (Phi) is 4.79. The van der Waals surface area contributed by atoms with Gasteiger partial charge in [0.25, 0.3) is 5.91 Å². The first-order chi connectivity index (χ1) is 13.1. The van der Waals surface area contributed by atoms with Crippen LogP contribution >= 0.6 is 23.1 Å². The van der Waals surface area contributed by atoms with Crippen LogP contribution in [0.5, 0.6) is 5.75 Å². The molecule has 4 rings (SSSR count). The predicted octanol–water partition coefficient (Wildman–Crippen LogP) is 4.75. The summed E-state index contributed by atoms with van der Waals surface area (Å²) < 4.78 is 0. The Morgan fingerprint density at radius 2 is 1.85 bits per heavy atom. The molecule has 5 nitrogen and oxygen atoms in total. The highest BCUT2D eigenvalue weighted by Gasteiger charge is 2.30. The van der Waals surface area contributed by atoms with Crippen LogP contribution in [0.1, 0.15) is 5.56 Å². The molecule has 0 radical (unpaired) electrons. The highest BCUT2D eigenvalue weighted by atomic mass is 32.2. The molecule has 2 aromatic carbocycles. The molecule has 1 saturated heterocycles. The lowest BCUT2D eigenvalue weighted by molar-refractivity contribution is -0.121. The highest BCUT2D eigenvalue weighted by molar-refractivity contribution is 8.18. The number of amidine groups is 1. The second-order valence-electron chi connectivity index (χ2n) is 5.84. The fourth-order valence-corrected chi connectivity index (χ4v) is 4.23. The summed E-state index contributed by atoms with van der Waals surface area (Å²) in [6.45, 7) is 0. The van der Waals surface area contributed by atoms with E-state index in [1.165, 1.54) is 28.0 Å². The fourth-order valence-electron chi connectivity index (χ4n) is 2.51. The van der Waals surface area contributed by atoms with E-state index in [4.69, 9.17) is 0 Å². The van der Waals surface area contributed by atoms with Gasteiger partial charge in [0.1, 0.15) is 5.75 Å². The maximum atomic E-state index is 12.5. The number of benzene rings is 2. The lowest BCUT2D eigenvalue weighted by atomic mass is 10.2. The van der Waals surface area contributed by atoms with Crippen LogP contribution in [0.2, 0.25) is 0 Å². The van der Waals surface area contributed by atoms with Crippen LogP contribution in [0, 0.1) is 0 Å². The monoisotopic (exact) mass is 393 g/mol. The molecule has 1 aliphatic rings. The molecule has 0 saturated carbocycles. The van der Waals surface area contributed by atoms with Crippen molar-refractivity contribution in [1.82, 2.24) is 9.88 Å². The third-order valence-corrected chi connectivity index (χ3v) is 5.74. The van der Waals surface area contributed by atoms with E-state index in [-0.39, 0.29) is 11.7 Å². The van der Waals surface area contributed by atoms with E-state index in [1.54, 1.807) is 37.4 Å². The largest absolute Gasteiger partial charge is 0.508 e. The summed E-state index contributed by atoms with van der Waals surface area (Å²) in [7, 11) is 1.71. The number of hydrogen-bond acceptors (Lipinski definition) is 6. The number of phenols is 1. The molecule has 3 aromatic rings. The molecule has 0 atom stereocenters. The van der Waals surface area contributed by atoms with E-state index < -0.39 is 0 Å². The minimum Gasteiger partial charge on any atom is -0.508 e. The SMILES string of the molecule is CN1C(=O)/C(=C/c2ccc(O)cc2)S/C1=N/c1nc(-c2ccccc2)cs1. The summed E-state index contributed by atoms with van der Waals surface area (Å²) >= 11 is 2.76. The molecule has 1 fully saturated rings. The molecule has 7 heteroatoms. The number of carbonyl (C=O) groups excluding carboxylic acids is 1. The summed E-state index contributed by atoms with van der Waals surface area (Å²) in [6.07, 6.45) is 1.79. The summed E-state index contributed by atoms with van der Waals surface area (Å²) in [4.78, 5) is 23.7. The van der Waals surface area contributed by atoms with Gasteiger partial charge >= 0.3 is 0 Å². The maximum absolute atomic E-state index is 12.5. The summed E-state index contributed by atoms with van der Waals surface area (Å²) in [5.41, 5.74) is 2.76. The third-order valence-electron chi connectivity index (χ3n) is 3.95. The first-order valence-corrected chi connectivity index (χ1v) is 9.86. The lowest BCUT2D eigenvalue weighted by Crippen LogP contribution is -2.23. The Bertz CT molecular complexity index is 1040. The Balaban J connectivity index is 1.58. The number of rotatable bonds is 3. The van der Waals surface area contributed by atoms with Crippen LogP contribution in [0.25, 0.3) is 17.3 Å². The zero-order chi connectivity index (χ0) is 18.8. The molecule has 0 bridgehead atoms. The maximum Gasteiger partial charge on any atom is 0.266 e. The van der Waals surface area contributed by atoms with Gasteiger partial charge in [0.2, 0.25) is 5.13 Å². The smallest absolute Gasteiger partial charge is 0.266 e. The van der Waals surface area contributed by atoms with Crippen molar-refractivity contribution in [3.8, 4) is 17.0 Å². The average Bonchev–Trinajstić information content (AvgIpc) is 3.26.